The van der Waals surface area contributed by atoms with E-state index in [2.05, 4.69) is 24.3 Å². The number of hydrogen-bond donors (Lipinski definition) is 2. The molecule has 112 valence electrons. The lowest BCUT2D eigenvalue weighted by Crippen LogP contribution is -2.54. The molecule has 0 heterocycles. The lowest BCUT2D eigenvalue weighted by molar-refractivity contribution is -0.125. The molecule has 4 heteroatoms. The van der Waals surface area contributed by atoms with Crippen LogP contribution in [-0.2, 0) is 4.79 Å². The molecule has 1 atom stereocenters. The van der Waals surface area contributed by atoms with Gasteiger partial charge < -0.3 is 16.0 Å². The summed E-state index contributed by atoms with van der Waals surface area (Å²) in [5.74, 6) is 0.256. The van der Waals surface area contributed by atoms with Crippen molar-refractivity contribution in [1.82, 2.24) is 10.2 Å². The van der Waals surface area contributed by atoms with Gasteiger partial charge in [0.25, 0.3) is 0 Å². The van der Waals surface area contributed by atoms with Crippen molar-refractivity contribution in [3.63, 3.8) is 0 Å². The van der Waals surface area contributed by atoms with Crippen molar-refractivity contribution < 1.29 is 4.79 Å². The molecule has 0 aromatic carbocycles. The van der Waals surface area contributed by atoms with Crippen molar-refractivity contribution in [1.29, 1.82) is 0 Å². The summed E-state index contributed by atoms with van der Waals surface area (Å²) < 4.78 is 0. The molecular formula is C15H31N3O. The minimum Gasteiger partial charge on any atom is -0.354 e. The molecule has 0 aromatic heterocycles. The molecule has 0 saturated heterocycles. The number of nitrogens with one attached hydrogen (secondary N) is 1. The Hall–Kier alpha value is -0.610. The number of nitrogens with two attached hydrogens (primary N) is 1. The molecule has 1 rings (SSSR count). The molecule has 1 saturated carbocycles. The molecule has 1 aliphatic rings. The molecule has 19 heavy (non-hydrogen) atoms. The number of carbonyl (C=O) groups is 1. The first-order valence-corrected chi connectivity index (χ1v) is 7.67. The van der Waals surface area contributed by atoms with E-state index in [1.165, 1.54) is 32.1 Å². The van der Waals surface area contributed by atoms with E-state index in [-0.39, 0.29) is 17.4 Å². The molecule has 0 radical (unpaired) electrons. The molecule has 0 spiro atoms. The number of carbonyl (C=O) groups excluding carboxylic acids is 1. The highest BCUT2D eigenvalue weighted by molar-refractivity contribution is 5.78. The third-order valence-electron chi connectivity index (χ3n) is 4.61. The van der Waals surface area contributed by atoms with Gasteiger partial charge in [-0.05, 0) is 46.3 Å². The lowest BCUT2D eigenvalue weighted by atomic mass is 9.80. The van der Waals surface area contributed by atoms with Gasteiger partial charge in [-0.25, -0.2) is 0 Å². The first-order valence-electron chi connectivity index (χ1n) is 7.67. The monoisotopic (exact) mass is 269 g/mol. The lowest BCUT2D eigenvalue weighted by Gasteiger charge is -2.43. The van der Waals surface area contributed by atoms with Gasteiger partial charge in [-0.15, -0.1) is 0 Å². The van der Waals surface area contributed by atoms with Crippen LogP contribution in [0.2, 0.25) is 0 Å². The summed E-state index contributed by atoms with van der Waals surface area (Å²) in [5, 5.41) is 3.16. The van der Waals surface area contributed by atoms with E-state index in [0.29, 0.717) is 6.54 Å². The molecule has 1 unspecified atom stereocenters. The van der Waals surface area contributed by atoms with E-state index >= 15 is 0 Å². The maximum Gasteiger partial charge on any atom is 0.222 e. The highest BCUT2D eigenvalue weighted by Crippen LogP contribution is 2.31. The molecule has 0 aromatic rings. The average Bonchev–Trinajstić information content (AvgIpc) is 2.42. The zero-order valence-corrected chi connectivity index (χ0v) is 12.9. The standard InChI is InChI=1S/C15H31N3O/c1-13(8-7-11-16)14(19)17-12-15(18(2)3)9-5-4-6-10-15/h13H,4-12,16H2,1-3H3,(H,17,19). The second kappa shape index (κ2) is 7.85. The SMILES string of the molecule is CC(CCCN)C(=O)NCC1(N(C)C)CCCCC1. The Bertz CT molecular complexity index is 273. The summed E-state index contributed by atoms with van der Waals surface area (Å²) >= 11 is 0. The van der Waals surface area contributed by atoms with Crippen LogP contribution in [0.1, 0.15) is 51.9 Å². The van der Waals surface area contributed by atoms with Crippen molar-refractivity contribution in [2.45, 2.75) is 57.4 Å². The van der Waals surface area contributed by atoms with E-state index in [0.717, 1.165) is 19.4 Å². The van der Waals surface area contributed by atoms with Gasteiger partial charge in [-0.3, -0.25) is 4.79 Å². The van der Waals surface area contributed by atoms with Gasteiger partial charge in [0.1, 0.15) is 0 Å². The van der Waals surface area contributed by atoms with Gasteiger partial charge in [0.15, 0.2) is 0 Å². The molecule has 1 amide bonds. The van der Waals surface area contributed by atoms with Crippen molar-refractivity contribution in [2.24, 2.45) is 11.7 Å². The van der Waals surface area contributed by atoms with E-state index in [1.807, 2.05) is 6.92 Å². The Morgan fingerprint density at radius 2 is 1.95 bits per heavy atom. The fourth-order valence-electron chi connectivity index (χ4n) is 2.97. The van der Waals surface area contributed by atoms with Crippen LogP contribution in [0.5, 0.6) is 0 Å². The van der Waals surface area contributed by atoms with Gasteiger partial charge in [0.2, 0.25) is 5.91 Å². The molecule has 4 nitrogen and oxygen atoms in total. The minimum atomic E-state index is 0.0753. The molecule has 0 aliphatic heterocycles. The molecule has 3 N–H and O–H groups in total. The summed E-state index contributed by atoms with van der Waals surface area (Å²) in [7, 11) is 4.27. The zero-order chi connectivity index (χ0) is 14.3. The number of hydrogen-bond acceptors (Lipinski definition) is 3. The highest BCUT2D eigenvalue weighted by Gasteiger charge is 2.34. The Balaban J connectivity index is 2.45. The first-order chi connectivity index (χ1) is 9.02. The van der Waals surface area contributed by atoms with Crippen molar-refractivity contribution in [2.75, 3.05) is 27.2 Å². The second-order valence-corrected chi connectivity index (χ2v) is 6.23. The van der Waals surface area contributed by atoms with Gasteiger partial charge >= 0.3 is 0 Å². The van der Waals surface area contributed by atoms with E-state index in [4.69, 9.17) is 5.73 Å². The normalized spacial score (nSPS) is 20.3. The van der Waals surface area contributed by atoms with Crippen LogP contribution in [0, 0.1) is 5.92 Å². The summed E-state index contributed by atoms with van der Waals surface area (Å²) in [6.07, 6.45) is 8.07. The van der Waals surface area contributed by atoms with Gasteiger partial charge in [0, 0.05) is 18.0 Å². The van der Waals surface area contributed by atoms with Crippen LogP contribution < -0.4 is 11.1 Å². The van der Waals surface area contributed by atoms with Crippen LogP contribution >= 0.6 is 0 Å². The second-order valence-electron chi connectivity index (χ2n) is 6.23. The number of nitrogens with zero attached hydrogens (tertiary/aromatic N) is 1. The van der Waals surface area contributed by atoms with Crippen LogP contribution in [0.25, 0.3) is 0 Å². The summed E-state index contributed by atoms with van der Waals surface area (Å²) in [5.41, 5.74) is 5.66. The Kier molecular flexibility index (Phi) is 6.80. The Morgan fingerprint density at radius 3 is 2.47 bits per heavy atom. The molecular weight excluding hydrogens is 238 g/mol. The van der Waals surface area contributed by atoms with E-state index < -0.39 is 0 Å². The molecule has 0 bridgehead atoms. The van der Waals surface area contributed by atoms with E-state index in [9.17, 15) is 4.79 Å². The third kappa shape index (κ3) is 4.77. The minimum absolute atomic E-state index is 0.0753. The number of likely N-dealkylation sites (N-methyl/N-ethyl adjacent to an activating group) is 1. The summed E-state index contributed by atoms with van der Waals surface area (Å²) in [4.78, 5) is 14.4. The van der Waals surface area contributed by atoms with Gasteiger partial charge in [-0.1, -0.05) is 26.2 Å². The van der Waals surface area contributed by atoms with E-state index in [1.54, 1.807) is 0 Å². The Labute approximate surface area is 118 Å². The Morgan fingerprint density at radius 1 is 1.32 bits per heavy atom. The van der Waals surface area contributed by atoms with Crippen LogP contribution in [0.3, 0.4) is 0 Å². The number of rotatable bonds is 7. The predicted molar refractivity (Wildman–Crippen MR) is 80.0 cm³/mol. The van der Waals surface area contributed by atoms with Crippen molar-refractivity contribution in [3.8, 4) is 0 Å². The summed E-state index contributed by atoms with van der Waals surface area (Å²) in [6, 6.07) is 0. The topological polar surface area (TPSA) is 58.4 Å². The van der Waals surface area contributed by atoms with Crippen molar-refractivity contribution in [3.05, 3.63) is 0 Å². The number of amides is 1. The smallest absolute Gasteiger partial charge is 0.222 e. The van der Waals surface area contributed by atoms with Crippen LogP contribution in [-0.4, -0.2) is 43.5 Å². The predicted octanol–water partition coefficient (Wildman–Crippen LogP) is 1.74. The fourth-order valence-corrected chi connectivity index (χ4v) is 2.97. The summed E-state index contributed by atoms with van der Waals surface area (Å²) in [6.45, 7) is 3.44. The zero-order valence-electron chi connectivity index (χ0n) is 12.9. The maximum absolute atomic E-state index is 12.1. The highest BCUT2D eigenvalue weighted by atomic mass is 16.1. The third-order valence-corrected chi connectivity index (χ3v) is 4.61. The largest absolute Gasteiger partial charge is 0.354 e. The molecule has 1 fully saturated rings. The van der Waals surface area contributed by atoms with Gasteiger partial charge in [0.05, 0.1) is 0 Å². The van der Waals surface area contributed by atoms with Crippen LogP contribution in [0.15, 0.2) is 0 Å². The van der Waals surface area contributed by atoms with Crippen molar-refractivity contribution >= 4 is 5.91 Å². The molecule has 1 aliphatic carbocycles. The average molecular weight is 269 g/mol. The first kappa shape index (κ1) is 16.4. The van der Waals surface area contributed by atoms with Crippen LogP contribution in [0.4, 0.5) is 0 Å². The quantitative estimate of drug-likeness (QED) is 0.740. The fraction of sp³-hybridized carbons (Fsp3) is 0.933. The maximum atomic E-state index is 12.1. The van der Waals surface area contributed by atoms with Gasteiger partial charge in [-0.2, -0.15) is 0 Å².